The van der Waals surface area contributed by atoms with Crippen molar-refractivity contribution >= 4 is 61.5 Å². The molecular weight excluding hydrogens is 591 g/mol. The van der Waals surface area contributed by atoms with Crippen molar-refractivity contribution in [2.45, 2.75) is 26.2 Å². The average Bonchev–Trinajstić information content (AvgIpc) is 2.76. The molecule has 3 rings (SSSR count). The Kier molecular flexibility index (Phi) is 7.88. The van der Waals surface area contributed by atoms with Gasteiger partial charge in [-0.05, 0) is 64.9 Å². The van der Waals surface area contributed by atoms with E-state index in [0.29, 0.717) is 37.4 Å². The molecule has 1 atom stereocenters. The fraction of sp³-hybridized carbons (Fsp3) is 0.273. The summed E-state index contributed by atoms with van der Waals surface area (Å²) in [6, 6.07) is 8.94. The monoisotopic (exact) mass is 612 g/mol. The van der Waals surface area contributed by atoms with Gasteiger partial charge in [0.1, 0.15) is 5.82 Å². The highest BCUT2D eigenvalue weighted by Gasteiger charge is 2.16. The minimum atomic E-state index is -0.583. The van der Waals surface area contributed by atoms with Crippen LogP contribution in [0.3, 0.4) is 0 Å². The molecule has 0 aliphatic heterocycles. The molecule has 0 saturated heterocycles. The van der Waals surface area contributed by atoms with Crippen molar-refractivity contribution in [2.75, 3.05) is 13.7 Å². The summed E-state index contributed by atoms with van der Waals surface area (Å²) in [7, 11) is 1.50. The molecule has 1 heterocycles. The Morgan fingerprint density at radius 3 is 2.78 bits per heavy atom. The molecule has 3 aromatic rings. The Labute approximate surface area is 207 Å². The zero-order valence-electron chi connectivity index (χ0n) is 17.8. The lowest BCUT2D eigenvalue weighted by molar-refractivity contribution is -0.119. The maximum absolute atomic E-state index is 13.2. The minimum Gasteiger partial charge on any atom is -0.493 e. The Hall–Kier alpha value is -2.47. The first-order valence-corrected chi connectivity index (χ1v) is 11.7. The van der Waals surface area contributed by atoms with Crippen molar-refractivity contribution in [1.82, 2.24) is 9.66 Å². The highest BCUT2D eigenvalue weighted by molar-refractivity contribution is 14.1. The first kappa shape index (κ1) is 24.2. The Bertz CT molecular complexity index is 1260. The van der Waals surface area contributed by atoms with Gasteiger partial charge in [-0.15, -0.1) is 0 Å². The predicted octanol–water partition coefficient (Wildman–Crippen LogP) is 4.03. The van der Waals surface area contributed by atoms with E-state index in [1.807, 2.05) is 32.0 Å². The van der Waals surface area contributed by atoms with Gasteiger partial charge in [0.2, 0.25) is 0 Å². The summed E-state index contributed by atoms with van der Waals surface area (Å²) < 4.78 is 13.7. The Morgan fingerprint density at radius 1 is 1.38 bits per heavy atom. The third-order valence-electron chi connectivity index (χ3n) is 4.82. The van der Waals surface area contributed by atoms with Crippen LogP contribution in [0.15, 0.2) is 44.7 Å². The second kappa shape index (κ2) is 10.4. The first-order valence-electron chi connectivity index (χ1n) is 9.80. The lowest BCUT2D eigenvalue weighted by Gasteiger charge is -2.14. The summed E-state index contributed by atoms with van der Waals surface area (Å²) in [4.78, 5) is 29.0. The van der Waals surface area contributed by atoms with Crippen molar-refractivity contribution in [3.05, 3.63) is 60.1 Å². The molecule has 2 N–H and O–H groups in total. The molecule has 8 nitrogen and oxygen atoms in total. The van der Waals surface area contributed by atoms with E-state index in [1.165, 1.54) is 11.8 Å². The zero-order chi connectivity index (χ0) is 23.4. The molecule has 0 bridgehead atoms. The van der Waals surface area contributed by atoms with Gasteiger partial charge in [0.05, 0.1) is 27.8 Å². The van der Waals surface area contributed by atoms with Gasteiger partial charge in [0, 0.05) is 10.4 Å². The number of rotatable bonds is 8. The lowest BCUT2D eigenvalue weighted by Crippen LogP contribution is -2.23. The number of nitrogens with zero attached hydrogens (tertiary/aromatic N) is 3. The summed E-state index contributed by atoms with van der Waals surface area (Å²) >= 11 is 5.49. The molecule has 0 unspecified atom stereocenters. The Morgan fingerprint density at radius 2 is 2.12 bits per heavy atom. The second-order valence-electron chi connectivity index (χ2n) is 7.09. The van der Waals surface area contributed by atoms with Crippen LogP contribution >= 0.6 is 38.5 Å². The van der Waals surface area contributed by atoms with Crippen molar-refractivity contribution in [2.24, 2.45) is 10.8 Å². The van der Waals surface area contributed by atoms with E-state index in [2.05, 4.69) is 43.6 Å². The normalized spacial score (nSPS) is 12.3. The smallest absolute Gasteiger partial charge is 0.282 e. The summed E-state index contributed by atoms with van der Waals surface area (Å²) in [5.74, 6) is 0.882. The first-order chi connectivity index (χ1) is 15.2. The lowest BCUT2D eigenvalue weighted by atomic mass is 10.1. The molecule has 0 fully saturated rings. The van der Waals surface area contributed by atoms with E-state index in [-0.39, 0.29) is 18.1 Å². The number of primary amides is 1. The van der Waals surface area contributed by atoms with E-state index < -0.39 is 5.91 Å². The minimum absolute atomic E-state index is 0.0344. The molecule has 0 aliphatic carbocycles. The van der Waals surface area contributed by atoms with Gasteiger partial charge in [-0.1, -0.05) is 29.8 Å². The number of halogens is 2. The fourth-order valence-electron chi connectivity index (χ4n) is 3.00. The van der Waals surface area contributed by atoms with Crippen LogP contribution in [-0.4, -0.2) is 35.5 Å². The van der Waals surface area contributed by atoms with E-state index >= 15 is 0 Å². The third kappa shape index (κ3) is 5.29. The number of ether oxygens (including phenoxy) is 2. The number of hydrogen-bond acceptors (Lipinski definition) is 6. The number of methoxy groups -OCH3 is 1. The van der Waals surface area contributed by atoms with Gasteiger partial charge in [-0.25, -0.2) is 4.98 Å². The van der Waals surface area contributed by atoms with Gasteiger partial charge in [0.15, 0.2) is 18.1 Å². The molecule has 0 radical (unpaired) electrons. The predicted molar refractivity (Wildman–Crippen MR) is 136 cm³/mol. The number of hydrogen-bond donors (Lipinski definition) is 1. The molecule has 0 saturated carbocycles. The van der Waals surface area contributed by atoms with Crippen molar-refractivity contribution in [3.63, 3.8) is 0 Å². The third-order valence-corrected chi connectivity index (χ3v) is 6.11. The molecule has 10 heteroatoms. The van der Waals surface area contributed by atoms with Crippen LogP contribution in [0.2, 0.25) is 0 Å². The quantitative estimate of drug-likeness (QED) is 0.305. The number of amides is 1. The second-order valence-corrected chi connectivity index (χ2v) is 9.17. The van der Waals surface area contributed by atoms with Crippen molar-refractivity contribution < 1.29 is 14.3 Å². The van der Waals surface area contributed by atoms with Crippen LogP contribution in [0.25, 0.3) is 10.9 Å². The Balaban J connectivity index is 2.09. The standard InChI is InChI=1S/C22H22BrIN4O4/c1-4-12(2)21-27-17-6-5-14(23)9-15(17)22(30)28(21)26-10-13-7-16(24)20(18(8-13)31-3)32-11-19(25)29/h5-10,12H,4,11H2,1-3H3,(H2,25,29)/t12-/m0/s1. The van der Waals surface area contributed by atoms with Crippen LogP contribution in [0, 0.1) is 3.57 Å². The van der Waals surface area contributed by atoms with E-state index in [0.717, 1.165) is 10.9 Å². The SMILES string of the molecule is CC[C@H](C)c1nc2ccc(Br)cc2c(=O)n1N=Cc1cc(I)c(OCC(N)=O)c(OC)c1. The van der Waals surface area contributed by atoms with Crippen LogP contribution < -0.4 is 20.8 Å². The maximum atomic E-state index is 13.2. The van der Waals surface area contributed by atoms with Crippen LogP contribution in [0.5, 0.6) is 11.5 Å². The van der Waals surface area contributed by atoms with E-state index in [1.54, 1.807) is 18.3 Å². The van der Waals surface area contributed by atoms with E-state index in [4.69, 9.17) is 20.2 Å². The van der Waals surface area contributed by atoms with Gasteiger partial charge in [0.25, 0.3) is 11.5 Å². The summed E-state index contributed by atoms with van der Waals surface area (Å²) in [6.07, 6.45) is 2.38. The van der Waals surface area contributed by atoms with Crippen LogP contribution in [0.1, 0.15) is 37.6 Å². The summed E-state index contributed by atoms with van der Waals surface area (Å²) in [5, 5.41) is 4.95. The summed E-state index contributed by atoms with van der Waals surface area (Å²) in [6.45, 7) is 3.79. The van der Waals surface area contributed by atoms with Crippen LogP contribution in [0.4, 0.5) is 0 Å². The largest absolute Gasteiger partial charge is 0.493 e. The average molecular weight is 613 g/mol. The molecular formula is C22H22BrIN4O4. The summed E-state index contributed by atoms with van der Waals surface area (Å²) in [5.41, 5.74) is 6.24. The molecule has 168 valence electrons. The van der Waals surface area contributed by atoms with Gasteiger partial charge in [-0.3, -0.25) is 9.59 Å². The molecule has 1 aromatic heterocycles. The van der Waals surface area contributed by atoms with Gasteiger partial charge in [-0.2, -0.15) is 9.78 Å². The number of carbonyl (C=O) groups excluding carboxylic acids is 1. The topological polar surface area (TPSA) is 109 Å². The number of carbonyl (C=O) groups is 1. The fourth-order valence-corrected chi connectivity index (χ4v) is 4.14. The number of nitrogens with two attached hydrogens (primary N) is 1. The highest BCUT2D eigenvalue weighted by atomic mass is 127. The van der Waals surface area contributed by atoms with Gasteiger partial charge >= 0.3 is 0 Å². The molecule has 2 aromatic carbocycles. The maximum Gasteiger partial charge on any atom is 0.282 e. The highest BCUT2D eigenvalue weighted by Crippen LogP contribution is 2.33. The molecule has 0 spiro atoms. The van der Waals surface area contributed by atoms with Gasteiger partial charge < -0.3 is 15.2 Å². The van der Waals surface area contributed by atoms with E-state index in [9.17, 15) is 9.59 Å². The number of aromatic nitrogens is 2. The number of benzene rings is 2. The van der Waals surface area contributed by atoms with Crippen LogP contribution in [-0.2, 0) is 4.79 Å². The van der Waals surface area contributed by atoms with Crippen molar-refractivity contribution in [3.8, 4) is 11.5 Å². The molecule has 32 heavy (non-hydrogen) atoms. The molecule has 1 amide bonds. The van der Waals surface area contributed by atoms with Crippen molar-refractivity contribution in [1.29, 1.82) is 0 Å². The number of fused-ring (bicyclic) bond motifs is 1. The molecule has 0 aliphatic rings. The zero-order valence-corrected chi connectivity index (χ0v) is 21.5.